The predicted molar refractivity (Wildman–Crippen MR) is 82.2 cm³/mol. The second-order valence-corrected chi connectivity index (χ2v) is 6.05. The number of hydrogen-bond acceptors (Lipinski definition) is 2. The fourth-order valence-electron chi connectivity index (χ4n) is 2.78. The zero-order chi connectivity index (χ0) is 14.7. The van der Waals surface area contributed by atoms with Gasteiger partial charge < -0.3 is 10.2 Å². The molecule has 1 N–H and O–H groups in total. The van der Waals surface area contributed by atoms with Crippen molar-refractivity contribution in [3.63, 3.8) is 0 Å². The summed E-state index contributed by atoms with van der Waals surface area (Å²) in [6, 6.07) is 7.32. The molecule has 112 valence electrons. The summed E-state index contributed by atoms with van der Waals surface area (Å²) in [6.07, 6.45) is 6.56. The second kappa shape index (κ2) is 6.29. The van der Waals surface area contributed by atoms with Crippen LogP contribution in [0.25, 0.3) is 0 Å². The molecule has 1 saturated heterocycles. The van der Waals surface area contributed by atoms with Gasteiger partial charge in [0, 0.05) is 30.3 Å². The van der Waals surface area contributed by atoms with Crippen molar-refractivity contribution in [2.75, 3.05) is 18.4 Å². The van der Waals surface area contributed by atoms with Crippen molar-refractivity contribution in [3.8, 4) is 0 Å². The van der Waals surface area contributed by atoms with Gasteiger partial charge in [0.2, 0.25) is 5.91 Å². The lowest BCUT2D eigenvalue weighted by Crippen LogP contribution is -2.31. The van der Waals surface area contributed by atoms with Crippen molar-refractivity contribution in [1.29, 1.82) is 0 Å². The van der Waals surface area contributed by atoms with Gasteiger partial charge in [-0.05, 0) is 43.9 Å². The maximum absolute atomic E-state index is 12.5. The Hall–Kier alpha value is -1.84. The summed E-state index contributed by atoms with van der Waals surface area (Å²) in [7, 11) is 0. The maximum Gasteiger partial charge on any atom is 0.253 e. The zero-order valence-electron chi connectivity index (χ0n) is 12.3. The number of benzene rings is 1. The number of hydrogen-bond donors (Lipinski definition) is 1. The van der Waals surface area contributed by atoms with Gasteiger partial charge >= 0.3 is 0 Å². The van der Waals surface area contributed by atoms with E-state index in [1.165, 1.54) is 12.8 Å². The number of likely N-dealkylation sites (tertiary alicyclic amines) is 1. The van der Waals surface area contributed by atoms with Crippen LogP contribution in [0, 0.1) is 5.92 Å². The van der Waals surface area contributed by atoms with E-state index in [1.54, 1.807) is 6.07 Å². The quantitative estimate of drug-likeness (QED) is 0.928. The molecule has 1 aromatic rings. The molecule has 1 saturated carbocycles. The molecule has 0 unspecified atom stereocenters. The number of carbonyl (C=O) groups is 2. The molecule has 2 fully saturated rings. The van der Waals surface area contributed by atoms with Crippen molar-refractivity contribution in [2.24, 2.45) is 5.92 Å². The maximum atomic E-state index is 12.5. The van der Waals surface area contributed by atoms with E-state index in [0.717, 1.165) is 44.5 Å². The molecule has 3 rings (SSSR count). The first-order chi connectivity index (χ1) is 10.2. The summed E-state index contributed by atoms with van der Waals surface area (Å²) in [5.41, 5.74) is 1.40. The van der Waals surface area contributed by atoms with E-state index >= 15 is 0 Å². The largest absolute Gasteiger partial charge is 0.339 e. The van der Waals surface area contributed by atoms with E-state index in [9.17, 15) is 9.59 Å². The van der Waals surface area contributed by atoms with Gasteiger partial charge in [0.25, 0.3) is 5.91 Å². The summed E-state index contributed by atoms with van der Waals surface area (Å²) in [5, 5.41) is 2.90. The Balaban J connectivity index is 1.68. The highest BCUT2D eigenvalue weighted by atomic mass is 16.2. The van der Waals surface area contributed by atoms with Crippen molar-refractivity contribution in [1.82, 2.24) is 4.90 Å². The van der Waals surface area contributed by atoms with Crippen molar-refractivity contribution >= 4 is 17.5 Å². The fraction of sp³-hybridized carbons (Fsp3) is 0.529. The highest BCUT2D eigenvalue weighted by Gasteiger charge is 2.29. The Labute approximate surface area is 125 Å². The van der Waals surface area contributed by atoms with Crippen LogP contribution in [-0.4, -0.2) is 29.8 Å². The number of rotatable bonds is 3. The highest BCUT2D eigenvalue weighted by molar-refractivity contribution is 5.98. The van der Waals surface area contributed by atoms with Crippen LogP contribution in [0.2, 0.25) is 0 Å². The lowest BCUT2D eigenvalue weighted by molar-refractivity contribution is -0.117. The topological polar surface area (TPSA) is 49.4 Å². The SMILES string of the molecule is O=C(Nc1cccc(C(=O)N2CCCCCC2)c1)C1CC1. The van der Waals surface area contributed by atoms with Gasteiger partial charge in [-0.1, -0.05) is 18.9 Å². The van der Waals surface area contributed by atoms with Gasteiger partial charge in [0.05, 0.1) is 0 Å². The minimum atomic E-state index is 0.0781. The minimum Gasteiger partial charge on any atom is -0.339 e. The van der Waals surface area contributed by atoms with E-state index in [2.05, 4.69) is 5.32 Å². The molecular formula is C17H22N2O2. The molecule has 1 heterocycles. The van der Waals surface area contributed by atoms with Crippen LogP contribution in [0.15, 0.2) is 24.3 Å². The monoisotopic (exact) mass is 286 g/mol. The molecule has 1 aromatic carbocycles. The number of carbonyl (C=O) groups excluding carboxylic acids is 2. The predicted octanol–water partition coefficient (Wildman–Crippen LogP) is 3.05. The van der Waals surface area contributed by atoms with Crippen molar-refractivity contribution in [2.45, 2.75) is 38.5 Å². The smallest absolute Gasteiger partial charge is 0.253 e. The molecule has 0 spiro atoms. The van der Waals surface area contributed by atoms with Crippen LogP contribution in [0.1, 0.15) is 48.9 Å². The van der Waals surface area contributed by atoms with E-state index in [1.807, 2.05) is 23.1 Å². The molecule has 4 nitrogen and oxygen atoms in total. The minimum absolute atomic E-state index is 0.0781. The summed E-state index contributed by atoms with van der Waals surface area (Å²) in [5.74, 6) is 0.337. The van der Waals surface area contributed by atoms with E-state index in [-0.39, 0.29) is 17.7 Å². The first-order valence-corrected chi connectivity index (χ1v) is 7.94. The van der Waals surface area contributed by atoms with Gasteiger partial charge in [0.15, 0.2) is 0 Å². The third-order valence-corrected chi connectivity index (χ3v) is 4.22. The molecule has 1 aliphatic heterocycles. The number of nitrogens with one attached hydrogen (secondary N) is 1. The lowest BCUT2D eigenvalue weighted by Gasteiger charge is -2.20. The van der Waals surface area contributed by atoms with E-state index in [0.29, 0.717) is 5.56 Å². The Bertz CT molecular complexity index is 529. The first kappa shape index (κ1) is 14.1. The Morgan fingerprint density at radius 2 is 1.76 bits per heavy atom. The Morgan fingerprint density at radius 3 is 2.43 bits per heavy atom. The van der Waals surface area contributed by atoms with E-state index < -0.39 is 0 Å². The van der Waals surface area contributed by atoms with Crippen molar-refractivity contribution < 1.29 is 9.59 Å². The van der Waals surface area contributed by atoms with Gasteiger partial charge in [-0.3, -0.25) is 9.59 Å². The second-order valence-electron chi connectivity index (χ2n) is 6.05. The van der Waals surface area contributed by atoms with Crippen LogP contribution in [0.3, 0.4) is 0 Å². The summed E-state index contributed by atoms with van der Waals surface area (Å²) >= 11 is 0. The molecule has 0 aromatic heterocycles. The third-order valence-electron chi connectivity index (χ3n) is 4.22. The van der Waals surface area contributed by atoms with Crippen LogP contribution >= 0.6 is 0 Å². The Kier molecular flexibility index (Phi) is 4.23. The van der Waals surface area contributed by atoms with Crippen molar-refractivity contribution in [3.05, 3.63) is 29.8 Å². The highest BCUT2D eigenvalue weighted by Crippen LogP contribution is 2.30. The standard InChI is InChI=1S/C17H22N2O2/c20-16(13-8-9-13)18-15-7-5-6-14(12-15)17(21)19-10-3-1-2-4-11-19/h5-7,12-13H,1-4,8-11H2,(H,18,20). The van der Waals surface area contributed by atoms with Gasteiger partial charge in [0.1, 0.15) is 0 Å². The normalized spacial score (nSPS) is 19.0. The Morgan fingerprint density at radius 1 is 1.05 bits per heavy atom. The van der Waals surface area contributed by atoms with Crippen LogP contribution < -0.4 is 5.32 Å². The summed E-state index contributed by atoms with van der Waals surface area (Å²) in [4.78, 5) is 26.3. The molecule has 1 aliphatic carbocycles. The number of amides is 2. The zero-order valence-corrected chi connectivity index (χ0v) is 12.3. The summed E-state index contributed by atoms with van der Waals surface area (Å²) < 4.78 is 0. The van der Waals surface area contributed by atoms with Crippen LogP contribution in [0.4, 0.5) is 5.69 Å². The number of anilines is 1. The molecule has 2 aliphatic rings. The molecule has 2 amide bonds. The van der Waals surface area contributed by atoms with Crippen LogP contribution in [0.5, 0.6) is 0 Å². The third kappa shape index (κ3) is 3.63. The molecule has 21 heavy (non-hydrogen) atoms. The fourth-order valence-corrected chi connectivity index (χ4v) is 2.78. The lowest BCUT2D eigenvalue weighted by atomic mass is 10.1. The molecule has 0 bridgehead atoms. The van der Waals surface area contributed by atoms with E-state index in [4.69, 9.17) is 0 Å². The molecule has 0 atom stereocenters. The molecule has 0 radical (unpaired) electrons. The van der Waals surface area contributed by atoms with Gasteiger partial charge in [-0.25, -0.2) is 0 Å². The average Bonchev–Trinajstić information content (AvgIpc) is 3.33. The first-order valence-electron chi connectivity index (χ1n) is 7.94. The van der Waals surface area contributed by atoms with Crippen LogP contribution in [-0.2, 0) is 4.79 Å². The summed E-state index contributed by atoms with van der Waals surface area (Å²) in [6.45, 7) is 1.69. The molecular weight excluding hydrogens is 264 g/mol. The molecule has 4 heteroatoms. The number of nitrogens with zero attached hydrogens (tertiary/aromatic N) is 1. The van der Waals surface area contributed by atoms with Gasteiger partial charge in [-0.2, -0.15) is 0 Å². The van der Waals surface area contributed by atoms with Gasteiger partial charge in [-0.15, -0.1) is 0 Å². The average molecular weight is 286 g/mol.